The van der Waals surface area contributed by atoms with Crippen LogP contribution in [0.3, 0.4) is 0 Å². The number of carbonyl (C=O) groups is 2. The van der Waals surface area contributed by atoms with Gasteiger partial charge in [0.25, 0.3) is 5.91 Å². The molecule has 2 unspecified atom stereocenters. The number of rotatable bonds is 10. The van der Waals surface area contributed by atoms with Crippen molar-refractivity contribution in [3.63, 3.8) is 0 Å². The minimum Gasteiger partial charge on any atom is -0.381 e. The van der Waals surface area contributed by atoms with Crippen LogP contribution >= 0.6 is 11.3 Å². The van der Waals surface area contributed by atoms with Crippen molar-refractivity contribution in [1.29, 1.82) is 0 Å². The van der Waals surface area contributed by atoms with Gasteiger partial charge in [-0.25, -0.2) is 9.67 Å². The van der Waals surface area contributed by atoms with Gasteiger partial charge in [0.1, 0.15) is 11.7 Å². The molecule has 0 radical (unpaired) electrons. The maximum atomic E-state index is 13.5. The summed E-state index contributed by atoms with van der Waals surface area (Å²) in [5, 5.41) is 20.1. The van der Waals surface area contributed by atoms with Crippen molar-refractivity contribution >= 4 is 44.2 Å². The molecule has 0 aliphatic carbocycles. The first-order chi connectivity index (χ1) is 24.6. The lowest BCUT2D eigenvalue weighted by molar-refractivity contribution is -0.119. The summed E-state index contributed by atoms with van der Waals surface area (Å²) in [6.07, 6.45) is 5.34. The lowest BCUT2D eigenvalue weighted by atomic mass is 10.1. The van der Waals surface area contributed by atoms with Gasteiger partial charge in [0.2, 0.25) is 5.91 Å². The number of carbonyl (C=O) groups excluding carboxylic acids is 2. The van der Waals surface area contributed by atoms with Crippen molar-refractivity contribution in [2.24, 2.45) is 0 Å². The van der Waals surface area contributed by atoms with E-state index in [2.05, 4.69) is 66.3 Å². The quantitative estimate of drug-likeness (QED) is 0.172. The summed E-state index contributed by atoms with van der Waals surface area (Å²) < 4.78 is 8.61. The molecular formula is C37H37N9O3S. The van der Waals surface area contributed by atoms with Crippen molar-refractivity contribution in [3.8, 4) is 11.3 Å². The highest BCUT2D eigenvalue weighted by atomic mass is 32.1. The summed E-state index contributed by atoms with van der Waals surface area (Å²) in [5.41, 5.74) is 5.15. The maximum absolute atomic E-state index is 13.5. The molecule has 0 spiro atoms. The highest BCUT2D eigenvalue weighted by Gasteiger charge is 2.36. The Morgan fingerprint density at radius 2 is 1.80 bits per heavy atom. The molecule has 13 heteroatoms. The maximum Gasteiger partial charge on any atom is 0.276 e. The Morgan fingerprint density at radius 1 is 0.940 bits per heavy atom. The minimum absolute atomic E-state index is 0.160. The Balaban J connectivity index is 0.870. The first-order valence-corrected chi connectivity index (χ1v) is 17.8. The third kappa shape index (κ3) is 7.00. The fourth-order valence-electron chi connectivity index (χ4n) is 6.82. The number of thiazole rings is 1. The van der Waals surface area contributed by atoms with E-state index in [9.17, 15) is 9.59 Å². The molecule has 2 N–H and O–H groups in total. The zero-order valence-corrected chi connectivity index (χ0v) is 28.3. The van der Waals surface area contributed by atoms with Crippen LogP contribution in [-0.4, -0.2) is 72.4 Å². The monoisotopic (exact) mass is 687 g/mol. The molecule has 3 aromatic carbocycles. The van der Waals surface area contributed by atoms with E-state index in [1.807, 2.05) is 59.4 Å². The highest BCUT2D eigenvalue weighted by Crippen LogP contribution is 2.29. The van der Waals surface area contributed by atoms with Crippen LogP contribution in [0.5, 0.6) is 0 Å². The van der Waals surface area contributed by atoms with E-state index >= 15 is 0 Å². The fourth-order valence-corrected chi connectivity index (χ4v) is 7.69. The average Bonchev–Trinajstić information content (AvgIpc) is 3.98. The Hall–Kier alpha value is -5.40. The SMILES string of the molecule is O=C(Nc1nc2ccccc2s1)C1CCCN1C(=O)c1cc(CN2CCCC(n3cc(-c4cccc(NCc5ccccc5)c4)nn3)C2)on1. The number of amides is 2. The van der Waals surface area contributed by atoms with Crippen molar-refractivity contribution in [2.75, 3.05) is 30.3 Å². The number of aromatic nitrogens is 5. The number of likely N-dealkylation sites (tertiary alicyclic amines) is 2. The lowest BCUT2D eigenvalue weighted by Crippen LogP contribution is -2.43. The van der Waals surface area contributed by atoms with E-state index in [1.165, 1.54) is 16.9 Å². The van der Waals surface area contributed by atoms with Crippen LogP contribution in [-0.2, 0) is 17.9 Å². The number of nitrogens with zero attached hydrogens (tertiary/aromatic N) is 7. The number of hydrogen-bond donors (Lipinski definition) is 2. The second kappa shape index (κ2) is 14.2. The summed E-state index contributed by atoms with van der Waals surface area (Å²) in [5.74, 6) is 0.0809. The van der Waals surface area contributed by atoms with Gasteiger partial charge in [0.15, 0.2) is 16.6 Å². The molecule has 2 atom stereocenters. The average molecular weight is 688 g/mol. The first kappa shape index (κ1) is 31.8. The van der Waals surface area contributed by atoms with Crippen molar-refractivity contribution in [2.45, 2.75) is 50.9 Å². The summed E-state index contributed by atoms with van der Waals surface area (Å²) in [4.78, 5) is 35.1. The van der Waals surface area contributed by atoms with E-state index < -0.39 is 6.04 Å². The van der Waals surface area contributed by atoms with Gasteiger partial charge >= 0.3 is 0 Å². The Kier molecular flexibility index (Phi) is 9.05. The molecular weight excluding hydrogens is 651 g/mol. The first-order valence-electron chi connectivity index (χ1n) is 17.0. The van der Waals surface area contributed by atoms with Crippen LogP contribution in [0.25, 0.3) is 21.5 Å². The van der Waals surface area contributed by atoms with Gasteiger partial charge in [-0.2, -0.15) is 0 Å². The molecule has 2 fully saturated rings. The van der Waals surface area contributed by atoms with Gasteiger partial charge in [-0.1, -0.05) is 76.3 Å². The van der Waals surface area contributed by atoms with E-state index in [-0.39, 0.29) is 23.6 Å². The third-order valence-corrected chi connectivity index (χ3v) is 10.3. The number of anilines is 2. The van der Waals surface area contributed by atoms with Crippen LogP contribution < -0.4 is 10.6 Å². The topological polar surface area (TPSA) is 134 Å². The van der Waals surface area contributed by atoms with Gasteiger partial charge < -0.3 is 20.1 Å². The molecule has 12 nitrogen and oxygen atoms in total. The summed E-state index contributed by atoms with van der Waals surface area (Å²) in [6, 6.07) is 27.6. The number of fused-ring (bicyclic) bond motifs is 1. The molecule has 6 aromatic rings. The van der Waals surface area contributed by atoms with E-state index in [0.717, 1.165) is 66.1 Å². The summed E-state index contributed by atoms with van der Waals surface area (Å²) in [6.45, 7) is 3.43. The highest BCUT2D eigenvalue weighted by molar-refractivity contribution is 7.22. The summed E-state index contributed by atoms with van der Waals surface area (Å²) >= 11 is 1.42. The molecule has 3 aromatic heterocycles. The van der Waals surface area contributed by atoms with Gasteiger partial charge in [-0.05, 0) is 62.1 Å². The molecule has 8 rings (SSSR count). The standard InChI is InChI=1S/C37H37N9O3S/c47-35(40-37-39-30-14-4-5-16-34(30)50-37)33-15-8-18-45(33)36(48)31-20-29(49-42-31)23-44-17-7-13-28(22-44)46-24-32(41-43-46)26-11-6-12-27(19-26)38-21-25-9-2-1-3-10-25/h1-6,9-12,14,16,19-20,24,28,33,38H,7-8,13,15,17-18,21-23H2,(H,39,40,47). The Bertz CT molecular complexity index is 2080. The smallest absolute Gasteiger partial charge is 0.276 e. The number of benzene rings is 3. The molecule has 2 amide bonds. The number of hydrogen-bond acceptors (Lipinski definition) is 10. The van der Waals surface area contributed by atoms with Crippen LogP contribution in [0, 0.1) is 0 Å². The Morgan fingerprint density at radius 3 is 2.70 bits per heavy atom. The number of para-hydroxylation sites is 1. The minimum atomic E-state index is -0.585. The summed E-state index contributed by atoms with van der Waals surface area (Å²) in [7, 11) is 0. The van der Waals surface area contributed by atoms with Crippen LogP contribution in [0.2, 0.25) is 0 Å². The van der Waals surface area contributed by atoms with Crippen LogP contribution in [0.15, 0.2) is 95.6 Å². The van der Waals surface area contributed by atoms with Gasteiger partial charge in [-0.3, -0.25) is 14.5 Å². The van der Waals surface area contributed by atoms with Gasteiger partial charge in [-0.15, -0.1) is 5.10 Å². The normalized spacial score (nSPS) is 18.0. The van der Waals surface area contributed by atoms with Gasteiger partial charge in [0, 0.05) is 37.0 Å². The van der Waals surface area contributed by atoms with E-state index in [4.69, 9.17) is 4.52 Å². The van der Waals surface area contributed by atoms with Crippen LogP contribution in [0.4, 0.5) is 10.8 Å². The largest absolute Gasteiger partial charge is 0.381 e. The predicted octanol–water partition coefficient (Wildman–Crippen LogP) is 6.24. The van der Waals surface area contributed by atoms with Crippen molar-refractivity contribution < 1.29 is 14.1 Å². The van der Waals surface area contributed by atoms with E-state index in [1.54, 1.807) is 11.0 Å². The number of piperidine rings is 1. The molecule has 2 saturated heterocycles. The van der Waals surface area contributed by atoms with Crippen LogP contribution in [0.1, 0.15) is 53.5 Å². The lowest BCUT2D eigenvalue weighted by Gasteiger charge is -2.31. The van der Waals surface area contributed by atoms with Crippen molar-refractivity contribution in [1.82, 2.24) is 34.9 Å². The zero-order valence-electron chi connectivity index (χ0n) is 27.4. The molecule has 0 bridgehead atoms. The van der Waals surface area contributed by atoms with Crippen molar-refractivity contribution in [3.05, 3.63) is 108 Å². The molecule has 2 aliphatic heterocycles. The second-order valence-electron chi connectivity index (χ2n) is 12.8. The third-order valence-electron chi connectivity index (χ3n) is 9.36. The fraction of sp³-hybridized carbons (Fsp3) is 0.297. The Labute approximate surface area is 293 Å². The molecule has 0 saturated carbocycles. The molecule has 254 valence electrons. The molecule has 50 heavy (non-hydrogen) atoms. The molecule has 5 heterocycles. The number of nitrogens with one attached hydrogen (secondary N) is 2. The second-order valence-corrected chi connectivity index (χ2v) is 13.9. The molecule has 2 aliphatic rings. The predicted molar refractivity (Wildman–Crippen MR) is 192 cm³/mol. The van der Waals surface area contributed by atoms with Gasteiger partial charge in [0.05, 0.1) is 29.0 Å². The zero-order chi connectivity index (χ0) is 33.9. The van der Waals surface area contributed by atoms with E-state index in [0.29, 0.717) is 30.4 Å².